The number of H-pyrrole nitrogens is 1. The van der Waals surface area contributed by atoms with Gasteiger partial charge in [0.05, 0.1) is 25.5 Å². The molecule has 1 N–H and O–H groups in total. The van der Waals surface area contributed by atoms with Crippen LogP contribution in [-0.4, -0.2) is 25.0 Å². The van der Waals surface area contributed by atoms with Gasteiger partial charge >= 0.3 is 0 Å². The van der Waals surface area contributed by atoms with Crippen molar-refractivity contribution in [1.82, 2.24) is 4.98 Å². The number of aryl methyl sites for hydroxylation is 1. The van der Waals surface area contributed by atoms with Crippen LogP contribution in [0.5, 0.6) is 11.5 Å². The van der Waals surface area contributed by atoms with Gasteiger partial charge in [-0.3, -0.25) is 4.79 Å². The molecule has 0 aliphatic heterocycles. The van der Waals surface area contributed by atoms with Crippen LogP contribution >= 0.6 is 0 Å². The second-order valence-corrected chi connectivity index (χ2v) is 5.53. The number of benzene rings is 2. The molecular weight excluding hydrogens is 290 g/mol. The number of hydrogen-bond acceptors (Lipinski definition) is 3. The number of hydrogen-bond donors (Lipinski definition) is 1. The lowest BCUT2D eigenvalue weighted by Crippen LogP contribution is -1.95. The van der Waals surface area contributed by atoms with Gasteiger partial charge in [0, 0.05) is 10.9 Å². The van der Waals surface area contributed by atoms with Gasteiger partial charge in [-0.05, 0) is 61.4 Å². The molecule has 1 aromatic heterocycles. The predicted molar refractivity (Wildman–Crippen MR) is 91.6 cm³/mol. The number of rotatable bonds is 4. The molecule has 1 heterocycles. The predicted octanol–water partition coefficient (Wildman–Crippen LogP) is 4.36. The molecule has 0 saturated carbocycles. The van der Waals surface area contributed by atoms with Crippen molar-refractivity contribution >= 4 is 16.7 Å². The lowest BCUT2D eigenvalue weighted by atomic mass is 10.0. The third kappa shape index (κ3) is 2.57. The summed E-state index contributed by atoms with van der Waals surface area (Å²) >= 11 is 0. The lowest BCUT2D eigenvalue weighted by molar-refractivity contribution is 0.102. The van der Waals surface area contributed by atoms with Gasteiger partial charge in [-0.15, -0.1) is 0 Å². The first-order valence-electron chi connectivity index (χ1n) is 7.40. The molecule has 2 aromatic carbocycles. The Morgan fingerprint density at radius 1 is 1.04 bits per heavy atom. The van der Waals surface area contributed by atoms with E-state index >= 15 is 0 Å². The molecule has 4 nitrogen and oxygen atoms in total. The van der Waals surface area contributed by atoms with Gasteiger partial charge in [0.2, 0.25) is 0 Å². The molecule has 118 valence electrons. The molecule has 0 amide bonds. The van der Waals surface area contributed by atoms with Crippen LogP contribution in [0.25, 0.3) is 22.2 Å². The summed E-state index contributed by atoms with van der Waals surface area (Å²) in [6, 6.07) is 11.6. The first kappa shape index (κ1) is 15.2. The fourth-order valence-electron chi connectivity index (χ4n) is 2.91. The first-order chi connectivity index (χ1) is 11.0. The first-order valence-corrected chi connectivity index (χ1v) is 7.40. The summed E-state index contributed by atoms with van der Waals surface area (Å²) in [5.41, 5.74) is 4.41. The molecule has 3 aromatic rings. The third-order valence-corrected chi connectivity index (χ3v) is 4.04. The van der Waals surface area contributed by atoms with Crippen molar-refractivity contribution in [3.8, 4) is 22.8 Å². The molecule has 3 rings (SSSR count). The highest BCUT2D eigenvalue weighted by Gasteiger charge is 2.18. The number of carbonyl (C=O) groups is 1. The number of aromatic amines is 1. The van der Waals surface area contributed by atoms with Crippen LogP contribution in [0.3, 0.4) is 0 Å². The normalized spacial score (nSPS) is 10.8. The highest BCUT2D eigenvalue weighted by atomic mass is 16.5. The smallest absolute Gasteiger partial charge is 0.162 e. The summed E-state index contributed by atoms with van der Waals surface area (Å²) in [5, 5.41) is 0.875. The molecule has 0 spiro atoms. The average Bonchev–Trinajstić information content (AvgIpc) is 2.93. The summed E-state index contributed by atoms with van der Waals surface area (Å²) in [5.74, 6) is 1.58. The van der Waals surface area contributed by atoms with E-state index in [2.05, 4.69) is 4.98 Å². The molecule has 0 saturated heterocycles. The van der Waals surface area contributed by atoms with Gasteiger partial charge in [-0.1, -0.05) is 0 Å². The lowest BCUT2D eigenvalue weighted by Gasteiger charge is -2.07. The summed E-state index contributed by atoms with van der Waals surface area (Å²) in [6.07, 6.45) is 0. The minimum atomic E-state index is 0.0213. The van der Waals surface area contributed by atoms with Gasteiger partial charge < -0.3 is 14.5 Å². The van der Waals surface area contributed by atoms with Crippen molar-refractivity contribution in [3.63, 3.8) is 0 Å². The van der Waals surface area contributed by atoms with E-state index in [1.54, 1.807) is 21.1 Å². The Bertz CT molecular complexity index is 893. The molecule has 0 unspecified atom stereocenters. The molecule has 23 heavy (non-hydrogen) atoms. The Kier molecular flexibility index (Phi) is 3.82. The molecule has 4 heteroatoms. The van der Waals surface area contributed by atoms with Gasteiger partial charge in [0.1, 0.15) is 11.5 Å². The summed E-state index contributed by atoms with van der Waals surface area (Å²) in [7, 11) is 3.27. The number of Topliss-reactive ketones (excluding diaryl/α,β-unsaturated/α-hetero) is 1. The molecular formula is C19H19NO3. The van der Waals surface area contributed by atoms with Crippen molar-refractivity contribution in [2.75, 3.05) is 14.2 Å². The second kappa shape index (κ2) is 5.80. The van der Waals surface area contributed by atoms with Crippen molar-refractivity contribution in [2.45, 2.75) is 13.8 Å². The van der Waals surface area contributed by atoms with Gasteiger partial charge in [0.15, 0.2) is 5.78 Å². The maximum Gasteiger partial charge on any atom is 0.162 e. The van der Waals surface area contributed by atoms with Gasteiger partial charge in [-0.2, -0.15) is 0 Å². The number of fused-ring (bicyclic) bond motifs is 1. The Balaban J connectivity index is 2.26. The van der Waals surface area contributed by atoms with E-state index in [1.165, 1.54) is 0 Å². The topological polar surface area (TPSA) is 51.3 Å². The van der Waals surface area contributed by atoms with Gasteiger partial charge in [0.25, 0.3) is 0 Å². The number of methoxy groups -OCH3 is 2. The fraction of sp³-hybridized carbons (Fsp3) is 0.211. The molecule has 0 fully saturated rings. The number of ether oxygens (including phenoxy) is 2. The van der Waals surface area contributed by atoms with Crippen LogP contribution in [0.4, 0.5) is 0 Å². The number of ketones is 1. The van der Waals surface area contributed by atoms with E-state index in [0.29, 0.717) is 5.56 Å². The Morgan fingerprint density at radius 2 is 1.83 bits per heavy atom. The van der Waals surface area contributed by atoms with Crippen LogP contribution in [0.1, 0.15) is 22.8 Å². The minimum Gasteiger partial charge on any atom is -0.497 e. The van der Waals surface area contributed by atoms with Crippen LogP contribution in [0, 0.1) is 6.92 Å². The Hall–Kier alpha value is -2.75. The maximum absolute atomic E-state index is 12.2. The standard InChI is InChI=1S/C19H19NO3/c1-11-9-13(5-8-17(11)23-4)19-18(12(2)21)15-10-14(22-3)6-7-16(15)20-19/h5-10,20H,1-4H3. The second-order valence-electron chi connectivity index (χ2n) is 5.53. The van der Waals surface area contributed by atoms with Crippen LogP contribution in [0.2, 0.25) is 0 Å². The summed E-state index contributed by atoms with van der Waals surface area (Å²) < 4.78 is 10.6. The minimum absolute atomic E-state index is 0.0213. The Labute approximate surface area is 135 Å². The zero-order valence-electron chi connectivity index (χ0n) is 13.7. The highest BCUT2D eigenvalue weighted by molar-refractivity contribution is 6.12. The largest absolute Gasteiger partial charge is 0.497 e. The summed E-state index contributed by atoms with van der Waals surface area (Å²) in [4.78, 5) is 15.6. The van der Waals surface area contributed by atoms with Crippen molar-refractivity contribution < 1.29 is 14.3 Å². The van der Waals surface area contributed by atoms with Crippen LogP contribution in [-0.2, 0) is 0 Å². The summed E-state index contributed by atoms with van der Waals surface area (Å²) in [6.45, 7) is 3.57. The average molecular weight is 309 g/mol. The van der Waals surface area contributed by atoms with Crippen molar-refractivity contribution in [2.24, 2.45) is 0 Å². The van der Waals surface area contributed by atoms with E-state index < -0.39 is 0 Å². The SMILES string of the molecule is COc1ccc2[nH]c(-c3ccc(OC)c(C)c3)c(C(C)=O)c2c1. The fourth-order valence-corrected chi connectivity index (χ4v) is 2.91. The number of carbonyl (C=O) groups excluding carboxylic acids is 1. The highest BCUT2D eigenvalue weighted by Crippen LogP contribution is 2.34. The zero-order valence-corrected chi connectivity index (χ0v) is 13.7. The van der Waals surface area contributed by atoms with Crippen molar-refractivity contribution in [3.05, 3.63) is 47.5 Å². The zero-order chi connectivity index (χ0) is 16.6. The van der Waals surface area contributed by atoms with E-state index in [9.17, 15) is 4.79 Å². The maximum atomic E-state index is 12.2. The van der Waals surface area contributed by atoms with Gasteiger partial charge in [-0.25, -0.2) is 0 Å². The van der Waals surface area contributed by atoms with Crippen molar-refractivity contribution in [1.29, 1.82) is 0 Å². The van der Waals surface area contributed by atoms with E-state index in [-0.39, 0.29) is 5.78 Å². The Morgan fingerprint density at radius 3 is 2.43 bits per heavy atom. The molecule has 0 atom stereocenters. The van der Waals surface area contributed by atoms with E-state index in [4.69, 9.17) is 9.47 Å². The van der Waals surface area contributed by atoms with E-state index in [0.717, 1.165) is 39.2 Å². The quantitative estimate of drug-likeness (QED) is 0.728. The third-order valence-electron chi connectivity index (χ3n) is 4.04. The van der Waals surface area contributed by atoms with E-state index in [1.807, 2.05) is 43.3 Å². The van der Waals surface area contributed by atoms with Crippen LogP contribution in [0.15, 0.2) is 36.4 Å². The molecule has 0 aliphatic carbocycles. The number of nitrogens with one attached hydrogen (secondary N) is 1. The monoisotopic (exact) mass is 309 g/mol. The molecule has 0 radical (unpaired) electrons. The molecule has 0 aliphatic rings. The molecule has 0 bridgehead atoms. The number of aromatic nitrogens is 1. The van der Waals surface area contributed by atoms with Crippen LogP contribution < -0.4 is 9.47 Å².